The Bertz CT molecular complexity index is 1220. The lowest BCUT2D eigenvalue weighted by atomic mass is 10.0. The molecule has 0 saturated carbocycles. The van der Waals surface area contributed by atoms with Crippen molar-refractivity contribution in [2.45, 2.75) is 44.2 Å². The van der Waals surface area contributed by atoms with Gasteiger partial charge in [-0.05, 0) is 36.1 Å². The van der Waals surface area contributed by atoms with Crippen molar-refractivity contribution in [2.24, 2.45) is 0 Å². The number of nitrogens with one attached hydrogen (secondary N) is 1. The van der Waals surface area contributed by atoms with E-state index in [0.717, 1.165) is 24.2 Å². The number of nitrogens with zero attached hydrogens (tertiary/aromatic N) is 4. The van der Waals surface area contributed by atoms with Crippen LogP contribution in [0.2, 0.25) is 0 Å². The molecule has 3 aromatic rings. The Labute approximate surface area is 208 Å². The van der Waals surface area contributed by atoms with Crippen LogP contribution >= 0.6 is 0 Å². The summed E-state index contributed by atoms with van der Waals surface area (Å²) in [5, 5.41) is 21.1. The van der Waals surface area contributed by atoms with Crippen molar-refractivity contribution >= 4 is 18.0 Å². The molecule has 2 N–H and O–H groups in total. The lowest BCUT2D eigenvalue weighted by molar-refractivity contribution is -0.142. The molecule has 0 radical (unpaired) electrons. The van der Waals surface area contributed by atoms with E-state index in [1.54, 1.807) is 38.4 Å². The van der Waals surface area contributed by atoms with Crippen LogP contribution in [0.3, 0.4) is 0 Å². The van der Waals surface area contributed by atoms with E-state index in [4.69, 9.17) is 4.74 Å². The van der Waals surface area contributed by atoms with Crippen LogP contribution in [0, 0.1) is 0 Å². The number of aliphatic carboxylic acids is 1. The SMILES string of the molecule is CN(C)C(=O)Oc1ccc(CC(NC(=O)C2CCCc3nnc(Cc4ccccc4)n32)C(=O)O)cc1. The third-order valence-electron chi connectivity index (χ3n) is 6.08. The number of rotatable bonds is 8. The summed E-state index contributed by atoms with van der Waals surface area (Å²) >= 11 is 0. The Morgan fingerprint density at radius 2 is 1.81 bits per heavy atom. The third-order valence-corrected chi connectivity index (χ3v) is 6.08. The number of hydrogen-bond donors (Lipinski definition) is 2. The van der Waals surface area contributed by atoms with Crippen LogP contribution in [0.5, 0.6) is 5.75 Å². The van der Waals surface area contributed by atoms with Crippen molar-refractivity contribution in [1.82, 2.24) is 25.0 Å². The van der Waals surface area contributed by atoms with Crippen LogP contribution in [0.25, 0.3) is 0 Å². The lowest BCUT2D eigenvalue weighted by Crippen LogP contribution is -2.46. The maximum Gasteiger partial charge on any atom is 0.414 e. The summed E-state index contributed by atoms with van der Waals surface area (Å²) in [5.41, 5.74) is 1.74. The summed E-state index contributed by atoms with van der Waals surface area (Å²) in [7, 11) is 3.16. The van der Waals surface area contributed by atoms with Gasteiger partial charge in [0.25, 0.3) is 0 Å². The van der Waals surface area contributed by atoms with E-state index in [1.165, 1.54) is 4.90 Å². The normalized spacial score (nSPS) is 15.4. The van der Waals surface area contributed by atoms with Gasteiger partial charge in [-0.1, -0.05) is 42.5 Å². The number of fused-ring (bicyclic) bond motifs is 1. The Balaban J connectivity index is 1.46. The predicted octanol–water partition coefficient (Wildman–Crippen LogP) is 2.62. The molecule has 0 spiro atoms. The molecule has 1 aliphatic rings. The molecule has 2 aromatic carbocycles. The van der Waals surface area contributed by atoms with E-state index in [2.05, 4.69) is 15.5 Å². The maximum atomic E-state index is 13.3. The summed E-state index contributed by atoms with van der Waals surface area (Å²) in [5.74, 6) is 0.277. The number of carbonyl (C=O) groups excluding carboxylic acids is 2. The molecule has 2 amide bonds. The molecule has 1 aliphatic heterocycles. The first-order chi connectivity index (χ1) is 17.3. The first-order valence-electron chi connectivity index (χ1n) is 11.8. The molecule has 2 unspecified atom stereocenters. The van der Waals surface area contributed by atoms with E-state index in [1.807, 2.05) is 34.9 Å². The van der Waals surface area contributed by atoms with Crippen molar-refractivity contribution in [3.05, 3.63) is 77.4 Å². The fourth-order valence-electron chi connectivity index (χ4n) is 4.21. The molecule has 0 bridgehead atoms. The molecule has 2 atom stereocenters. The van der Waals surface area contributed by atoms with Crippen LogP contribution < -0.4 is 10.1 Å². The molecule has 10 nitrogen and oxygen atoms in total. The number of aryl methyl sites for hydroxylation is 1. The van der Waals surface area contributed by atoms with Gasteiger partial charge < -0.3 is 24.6 Å². The van der Waals surface area contributed by atoms with Crippen molar-refractivity contribution < 1.29 is 24.2 Å². The smallest absolute Gasteiger partial charge is 0.414 e. The first-order valence-corrected chi connectivity index (χ1v) is 11.8. The van der Waals surface area contributed by atoms with E-state index in [0.29, 0.717) is 30.0 Å². The quantitative estimate of drug-likeness (QED) is 0.496. The lowest BCUT2D eigenvalue weighted by Gasteiger charge is -2.27. The highest BCUT2D eigenvalue weighted by Crippen LogP contribution is 2.27. The van der Waals surface area contributed by atoms with E-state index in [-0.39, 0.29) is 12.3 Å². The van der Waals surface area contributed by atoms with Crippen LogP contribution in [-0.2, 0) is 28.9 Å². The van der Waals surface area contributed by atoms with Gasteiger partial charge in [-0.15, -0.1) is 10.2 Å². The Morgan fingerprint density at radius 3 is 2.47 bits per heavy atom. The van der Waals surface area contributed by atoms with Gasteiger partial charge >= 0.3 is 12.1 Å². The molecule has 4 rings (SSSR count). The molecule has 10 heteroatoms. The number of carbonyl (C=O) groups is 3. The number of aromatic nitrogens is 3. The van der Waals surface area contributed by atoms with Gasteiger partial charge in [0.05, 0.1) is 0 Å². The minimum absolute atomic E-state index is 0.0849. The zero-order valence-corrected chi connectivity index (χ0v) is 20.3. The second-order valence-electron chi connectivity index (χ2n) is 8.98. The van der Waals surface area contributed by atoms with Crippen LogP contribution in [0.4, 0.5) is 4.79 Å². The van der Waals surface area contributed by atoms with Crippen LogP contribution in [-0.4, -0.2) is 62.9 Å². The number of amides is 2. The number of benzene rings is 2. The average molecular weight is 492 g/mol. The summed E-state index contributed by atoms with van der Waals surface area (Å²) in [6, 6.07) is 14.7. The Hall–Kier alpha value is -4.21. The molecular formula is C26H29N5O5. The topological polar surface area (TPSA) is 127 Å². The van der Waals surface area contributed by atoms with Gasteiger partial charge in [0.2, 0.25) is 5.91 Å². The summed E-state index contributed by atoms with van der Waals surface area (Å²) in [6.07, 6.45) is 2.18. The Kier molecular flexibility index (Phi) is 7.62. The zero-order chi connectivity index (χ0) is 25.7. The second-order valence-corrected chi connectivity index (χ2v) is 8.98. The second kappa shape index (κ2) is 11.0. The fourth-order valence-corrected chi connectivity index (χ4v) is 4.21. The monoisotopic (exact) mass is 491 g/mol. The largest absolute Gasteiger partial charge is 0.480 e. The number of carboxylic acids is 1. The molecule has 0 fully saturated rings. The standard InChI is InChI=1S/C26H29N5O5/c1-30(2)26(35)36-19-13-11-18(12-14-19)15-20(25(33)34)27-24(32)21-9-6-10-22-28-29-23(31(21)22)16-17-7-4-3-5-8-17/h3-5,7-8,11-14,20-21H,6,9-10,15-16H2,1-2H3,(H,27,32)(H,33,34). The third kappa shape index (κ3) is 5.88. The highest BCUT2D eigenvalue weighted by molar-refractivity contribution is 5.86. The van der Waals surface area contributed by atoms with Crippen LogP contribution in [0.15, 0.2) is 54.6 Å². The van der Waals surface area contributed by atoms with Crippen molar-refractivity contribution in [3.8, 4) is 5.75 Å². The summed E-state index contributed by atoms with van der Waals surface area (Å²) < 4.78 is 7.05. The van der Waals surface area contributed by atoms with Crippen molar-refractivity contribution in [1.29, 1.82) is 0 Å². The first kappa shape index (κ1) is 24.9. The molecule has 188 valence electrons. The van der Waals surface area contributed by atoms with Crippen LogP contribution in [0.1, 0.15) is 41.7 Å². The van der Waals surface area contributed by atoms with Gasteiger partial charge in [-0.3, -0.25) is 4.79 Å². The minimum Gasteiger partial charge on any atom is -0.480 e. The zero-order valence-electron chi connectivity index (χ0n) is 20.3. The number of ether oxygens (including phenoxy) is 1. The summed E-state index contributed by atoms with van der Waals surface area (Å²) in [4.78, 5) is 38.3. The summed E-state index contributed by atoms with van der Waals surface area (Å²) in [6.45, 7) is 0. The predicted molar refractivity (Wildman–Crippen MR) is 131 cm³/mol. The van der Waals surface area contributed by atoms with Crippen molar-refractivity contribution in [2.75, 3.05) is 14.1 Å². The van der Waals surface area contributed by atoms with Gasteiger partial charge in [0.15, 0.2) is 0 Å². The fraction of sp³-hybridized carbons (Fsp3) is 0.346. The maximum absolute atomic E-state index is 13.3. The average Bonchev–Trinajstić information content (AvgIpc) is 3.28. The molecule has 0 aliphatic carbocycles. The van der Waals surface area contributed by atoms with Crippen molar-refractivity contribution in [3.63, 3.8) is 0 Å². The molecule has 36 heavy (non-hydrogen) atoms. The van der Waals surface area contributed by atoms with E-state index in [9.17, 15) is 19.5 Å². The highest BCUT2D eigenvalue weighted by atomic mass is 16.6. The van der Waals surface area contributed by atoms with E-state index >= 15 is 0 Å². The van der Waals surface area contributed by atoms with Gasteiger partial charge in [0, 0.05) is 33.4 Å². The van der Waals surface area contributed by atoms with Gasteiger partial charge in [-0.2, -0.15) is 0 Å². The molecule has 1 aromatic heterocycles. The molecular weight excluding hydrogens is 462 g/mol. The Morgan fingerprint density at radius 1 is 1.08 bits per heavy atom. The number of hydrogen-bond acceptors (Lipinski definition) is 6. The van der Waals surface area contributed by atoms with Gasteiger partial charge in [0.1, 0.15) is 29.5 Å². The molecule has 0 saturated heterocycles. The highest BCUT2D eigenvalue weighted by Gasteiger charge is 2.32. The van der Waals surface area contributed by atoms with E-state index < -0.39 is 24.1 Å². The molecule has 2 heterocycles. The minimum atomic E-state index is -1.13. The number of carboxylic acid groups (broad SMARTS) is 1. The van der Waals surface area contributed by atoms with Gasteiger partial charge in [-0.25, -0.2) is 9.59 Å².